The van der Waals surface area contributed by atoms with Gasteiger partial charge in [0.25, 0.3) is 5.56 Å². The fourth-order valence-electron chi connectivity index (χ4n) is 2.13. The molecule has 1 aromatic heterocycles. The van der Waals surface area contributed by atoms with Crippen molar-refractivity contribution < 1.29 is 14.6 Å². The van der Waals surface area contributed by atoms with E-state index in [0.717, 1.165) is 12.0 Å². The molecule has 2 aromatic rings. The molecule has 5 nitrogen and oxygen atoms in total. The molecule has 1 heterocycles. The van der Waals surface area contributed by atoms with Crippen molar-refractivity contribution in [3.8, 4) is 17.0 Å². The quantitative estimate of drug-likeness (QED) is 0.886. The molecule has 0 bridgehead atoms. The van der Waals surface area contributed by atoms with Crippen molar-refractivity contribution in [1.29, 1.82) is 0 Å². The van der Waals surface area contributed by atoms with Gasteiger partial charge in [0.1, 0.15) is 11.3 Å². The molecule has 0 saturated carbocycles. The summed E-state index contributed by atoms with van der Waals surface area (Å²) < 4.78 is 5.66. The Balaban J connectivity index is 2.53. The van der Waals surface area contributed by atoms with Crippen LogP contribution in [0.3, 0.4) is 0 Å². The van der Waals surface area contributed by atoms with Gasteiger partial charge in [-0.25, -0.2) is 4.79 Å². The zero-order valence-corrected chi connectivity index (χ0v) is 12.0. The molecule has 0 radical (unpaired) electrons. The normalized spacial score (nSPS) is 10.4. The van der Waals surface area contributed by atoms with Gasteiger partial charge >= 0.3 is 5.97 Å². The van der Waals surface area contributed by atoms with E-state index in [9.17, 15) is 9.59 Å². The minimum atomic E-state index is -1.23. The second-order valence-corrected chi connectivity index (χ2v) is 4.72. The predicted molar refractivity (Wildman–Crippen MR) is 80.0 cm³/mol. The molecule has 0 unspecified atom stereocenters. The molecule has 1 aromatic carbocycles. The van der Waals surface area contributed by atoms with Gasteiger partial charge in [-0.15, -0.1) is 0 Å². The summed E-state index contributed by atoms with van der Waals surface area (Å²) >= 11 is 0. The van der Waals surface area contributed by atoms with Crippen molar-refractivity contribution in [2.45, 2.75) is 20.3 Å². The first-order valence-corrected chi connectivity index (χ1v) is 6.74. The number of aryl methyl sites for hydroxylation is 1. The summed E-state index contributed by atoms with van der Waals surface area (Å²) in [6.07, 6.45) is 0.877. The summed E-state index contributed by atoms with van der Waals surface area (Å²) in [6.45, 7) is 4.20. The van der Waals surface area contributed by atoms with Gasteiger partial charge in [0, 0.05) is 5.56 Å². The molecule has 0 saturated heterocycles. The highest BCUT2D eigenvalue weighted by molar-refractivity contribution is 5.89. The van der Waals surface area contributed by atoms with Crippen LogP contribution in [-0.4, -0.2) is 22.7 Å². The van der Waals surface area contributed by atoms with E-state index in [0.29, 0.717) is 23.6 Å². The minimum Gasteiger partial charge on any atom is -0.493 e. The monoisotopic (exact) mass is 287 g/mol. The van der Waals surface area contributed by atoms with Crippen LogP contribution in [0.25, 0.3) is 11.3 Å². The van der Waals surface area contributed by atoms with E-state index < -0.39 is 11.5 Å². The van der Waals surface area contributed by atoms with Gasteiger partial charge in [0.2, 0.25) is 0 Å². The molecule has 0 aliphatic heterocycles. The fraction of sp³-hybridized carbons (Fsp3) is 0.250. The summed E-state index contributed by atoms with van der Waals surface area (Å²) in [5.74, 6) is -0.562. The Labute approximate surface area is 122 Å². The smallest absolute Gasteiger partial charge is 0.341 e. The van der Waals surface area contributed by atoms with Gasteiger partial charge in [-0.05, 0) is 37.1 Å². The van der Waals surface area contributed by atoms with Crippen LogP contribution in [0.4, 0.5) is 0 Å². The van der Waals surface area contributed by atoms with Gasteiger partial charge < -0.3 is 14.8 Å². The first-order chi connectivity index (χ1) is 10.0. The second-order valence-electron chi connectivity index (χ2n) is 4.72. The highest BCUT2D eigenvalue weighted by Gasteiger charge is 2.15. The van der Waals surface area contributed by atoms with Gasteiger partial charge in [0.15, 0.2) is 0 Å². The summed E-state index contributed by atoms with van der Waals surface area (Å²) in [5.41, 5.74) is 0.873. The van der Waals surface area contributed by atoms with Gasteiger partial charge in [0.05, 0.1) is 12.3 Å². The highest BCUT2D eigenvalue weighted by atomic mass is 16.5. The molecule has 2 rings (SSSR count). The predicted octanol–water partition coefficient (Wildman–Crippen LogP) is 2.84. The van der Waals surface area contributed by atoms with E-state index in [1.165, 1.54) is 0 Å². The molecule has 0 amide bonds. The van der Waals surface area contributed by atoms with E-state index in [1.54, 1.807) is 13.0 Å². The number of aromatic carboxylic acids is 1. The number of hydrogen-bond acceptors (Lipinski definition) is 3. The maximum Gasteiger partial charge on any atom is 0.341 e. The number of para-hydroxylation sites is 1. The SMILES string of the molecule is CCCOc1ccccc1-c1cc(C)c(C(=O)O)c(=O)[nH]1. The summed E-state index contributed by atoms with van der Waals surface area (Å²) in [5, 5.41) is 9.03. The lowest BCUT2D eigenvalue weighted by Gasteiger charge is -2.11. The van der Waals surface area contributed by atoms with Crippen LogP contribution in [0.15, 0.2) is 35.1 Å². The van der Waals surface area contributed by atoms with Crippen molar-refractivity contribution in [3.05, 3.63) is 51.8 Å². The third-order valence-electron chi connectivity index (χ3n) is 3.08. The second kappa shape index (κ2) is 6.26. The number of aromatic nitrogens is 1. The Morgan fingerprint density at radius 3 is 2.67 bits per heavy atom. The Hall–Kier alpha value is -2.56. The maximum absolute atomic E-state index is 11.9. The van der Waals surface area contributed by atoms with Gasteiger partial charge in [-0.1, -0.05) is 19.1 Å². The molecular weight excluding hydrogens is 270 g/mol. The van der Waals surface area contributed by atoms with E-state index in [1.807, 2.05) is 31.2 Å². The first kappa shape index (κ1) is 14.8. The Morgan fingerprint density at radius 1 is 1.33 bits per heavy atom. The standard InChI is InChI=1S/C16H17NO4/c1-3-8-21-13-7-5-4-6-11(13)12-9-10(2)14(16(19)20)15(18)17-12/h4-7,9H,3,8H2,1-2H3,(H,17,18)(H,19,20). The number of carbonyl (C=O) groups is 1. The average Bonchev–Trinajstić information content (AvgIpc) is 2.44. The Bertz CT molecular complexity index is 718. The number of carboxylic acid groups (broad SMARTS) is 1. The first-order valence-electron chi connectivity index (χ1n) is 6.74. The molecule has 110 valence electrons. The number of carboxylic acids is 1. The number of pyridine rings is 1. The topological polar surface area (TPSA) is 79.4 Å². The fourth-order valence-corrected chi connectivity index (χ4v) is 2.13. The molecule has 2 N–H and O–H groups in total. The third kappa shape index (κ3) is 3.13. The Kier molecular flexibility index (Phi) is 4.42. The summed E-state index contributed by atoms with van der Waals surface area (Å²) in [4.78, 5) is 25.6. The van der Waals surface area contributed by atoms with E-state index in [4.69, 9.17) is 9.84 Å². The van der Waals surface area contributed by atoms with Crippen LogP contribution < -0.4 is 10.3 Å². The van der Waals surface area contributed by atoms with Gasteiger partial charge in [-0.2, -0.15) is 0 Å². The number of H-pyrrole nitrogens is 1. The molecule has 0 atom stereocenters. The van der Waals surface area contributed by atoms with Crippen LogP contribution in [0.1, 0.15) is 29.3 Å². The van der Waals surface area contributed by atoms with Gasteiger partial charge in [-0.3, -0.25) is 4.79 Å². The lowest BCUT2D eigenvalue weighted by atomic mass is 10.1. The van der Waals surface area contributed by atoms with Crippen molar-refractivity contribution in [1.82, 2.24) is 4.98 Å². The molecule has 0 aliphatic rings. The molecule has 0 fully saturated rings. The largest absolute Gasteiger partial charge is 0.493 e. The summed E-state index contributed by atoms with van der Waals surface area (Å²) in [7, 11) is 0. The maximum atomic E-state index is 11.9. The number of nitrogens with one attached hydrogen (secondary N) is 1. The molecule has 0 spiro atoms. The number of hydrogen-bond donors (Lipinski definition) is 2. The Morgan fingerprint density at radius 2 is 2.05 bits per heavy atom. The molecule has 0 aliphatic carbocycles. The zero-order chi connectivity index (χ0) is 15.4. The number of aromatic amines is 1. The summed E-state index contributed by atoms with van der Waals surface area (Å²) in [6, 6.07) is 9.00. The zero-order valence-electron chi connectivity index (χ0n) is 12.0. The van der Waals surface area contributed by atoms with Crippen molar-refractivity contribution in [2.24, 2.45) is 0 Å². The van der Waals surface area contributed by atoms with Crippen LogP contribution in [-0.2, 0) is 0 Å². The minimum absolute atomic E-state index is 0.231. The van der Waals surface area contributed by atoms with Crippen molar-refractivity contribution >= 4 is 5.97 Å². The van der Waals surface area contributed by atoms with Crippen molar-refractivity contribution in [3.63, 3.8) is 0 Å². The van der Waals surface area contributed by atoms with Crippen LogP contribution in [0, 0.1) is 6.92 Å². The molecular formula is C16H17NO4. The number of rotatable bonds is 5. The van der Waals surface area contributed by atoms with Crippen molar-refractivity contribution in [2.75, 3.05) is 6.61 Å². The van der Waals surface area contributed by atoms with E-state index in [-0.39, 0.29) is 5.56 Å². The lowest BCUT2D eigenvalue weighted by Crippen LogP contribution is -2.19. The number of benzene rings is 1. The van der Waals surface area contributed by atoms with Crippen LogP contribution in [0.5, 0.6) is 5.75 Å². The number of ether oxygens (including phenoxy) is 1. The average molecular weight is 287 g/mol. The van der Waals surface area contributed by atoms with E-state index >= 15 is 0 Å². The molecule has 5 heteroatoms. The lowest BCUT2D eigenvalue weighted by molar-refractivity contribution is 0.0694. The van der Waals surface area contributed by atoms with E-state index in [2.05, 4.69) is 4.98 Å². The molecule has 21 heavy (non-hydrogen) atoms. The van der Waals surface area contributed by atoms with Crippen LogP contribution >= 0.6 is 0 Å². The van der Waals surface area contributed by atoms with Crippen LogP contribution in [0.2, 0.25) is 0 Å². The third-order valence-corrected chi connectivity index (χ3v) is 3.08. The highest BCUT2D eigenvalue weighted by Crippen LogP contribution is 2.28.